The third kappa shape index (κ3) is 2.79. The lowest BCUT2D eigenvalue weighted by molar-refractivity contribution is 0.300. The van der Waals surface area contributed by atoms with Gasteiger partial charge in [0.2, 0.25) is 5.95 Å². The molecule has 0 fully saturated rings. The van der Waals surface area contributed by atoms with Crippen LogP contribution in [0.2, 0.25) is 0 Å². The summed E-state index contributed by atoms with van der Waals surface area (Å²) in [5.74, 6) is -0.481. The highest BCUT2D eigenvalue weighted by atomic mass is 32.2. The van der Waals surface area contributed by atoms with Crippen molar-refractivity contribution in [1.29, 1.82) is 0 Å². The van der Waals surface area contributed by atoms with Crippen LogP contribution in [0.4, 0.5) is 4.39 Å². The van der Waals surface area contributed by atoms with Gasteiger partial charge in [-0.3, -0.25) is 0 Å². The van der Waals surface area contributed by atoms with E-state index < -0.39 is 5.95 Å². The van der Waals surface area contributed by atoms with Crippen molar-refractivity contribution in [3.05, 3.63) is 24.1 Å². The lowest BCUT2D eigenvalue weighted by Gasteiger charge is -2.05. The van der Waals surface area contributed by atoms with Gasteiger partial charge in [-0.05, 0) is 12.1 Å². The van der Waals surface area contributed by atoms with Crippen molar-refractivity contribution in [3.8, 4) is 0 Å². The maximum Gasteiger partial charge on any atom is 0.213 e. The highest BCUT2D eigenvalue weighted by Crippen LogP contribution is 2.20. The molecular formula is C8H10FNOS. The molecule has 1 N–H and O–H groups in total. The fourth-order valence-electron chi connectivity index (χ4n) is 0.699. The van der Waals surface area contributed by atoms with Gasteiger partial charge < -0.3 is 5.11 Å². The summed E-state index contributed by atoms with van der Waals surface area (Å²) in [4.78, 5) is 3.65. The molecule has 1 unspecified atom stereocenters. The van der Waals surface area contributed by atoms with Gasteiger partial charge in [0, 0.05) is 5.25 Å². The molecule has 0 radical (unpaired) electrons. The molecule has 0 spiro atoms. The monoisotopic (exact) mass is 187 g/mol. The summed E-state index contributed by atoms with van der Waals surface area (Å²) in [6.07, 6.45) is 0. The van der Waals surface area contributed by atoms with Crippen molar-refractivity contribution in [1.82, 2.24) is 4.98 Å². The first-order chi connectivity index (χ1) is 5.72. The van der Waals surface area contributed by atoms with E-state index in [2.05, 4.69) is 4.98 Å². The molecule has 1 aromatic heterocycles. The van der Waals surface area contributed by atoms with E-state index in [-0.39, 0.29) is 11.9 Å². The molecule has 12 heavy (non-hydrogen) atoms. The number of hydrogen-bond acceptors (Lipinski definition) is 3. The van der Waals surface area contributed by atoms with E-state index in [1.54, 1.807) is 12.1 Å². The molecule has 0 aliphatic heterocycles. The first-order valence-electron chi connectivity index (χ1n) is 3.62. The molecule has 0 aromatic carbocycles. The molecule has 1 heterocycles. The topological polar surface area (TPSA) is 33.1 Å². The zero-order valence-corrected chi connectivity index (χ0v) is 7.51. The Morgan fingerprint density at radius 2 is 2.42 bits per heavy atom. The maximum atomic E-state index is 12.5. The zero-order chi connectivity index (χ0) is 8.97. The Kier molecular flexibility index (Phi) is 3.49. The summed E-state index contributed by atoms with van der Waals surface area (Å²) in [5, 5.41) is 9.39. The van der Waals surface area contributed by atoms with E-state index >= 15 is 0 Å². The normalized spacial score (nSPS) is 12.9. The number of aliphatic hydroxyl groups is 1. The Labute approximate surface area is 74.8 Å². The van der Waals surface area contributed by atoms with Gasteiger partial charge in [0.25, 0.3) is 0 Å². The third-order valence-electron chi connectivity index (χ3n) is 1.27. The third-order valence-corrected chi connectivity index (χ3v) is 2.29. The minimum Gasteiger partial charge on any atom is -0.395 e. The highest BCUT2D eigenvalue weighted by Gasteiger charge is 2.03. The van der Waals surface area contributed by atoms with Crippen LogP contribution in [-0.4, -0.2) is 21.9 Å². The van der Waals surface area contributed by atoms with E-state index in [1.165, 1.54) is 17.8 Å². The van der Waals surface area contributed by atoms with E-state index in [4.69, 9.17) is 5.11 Å². The van der Waals surface area contributed by atoms with Crippen LogP contribution in [0, 0.1) is 5.95 Å². The predicted octanol–water partition coefficient (Wildman–Crippen LogP) is 1.69. The predicted molar refractivity (Wildman–Crippen MR) is 46.6 cm³/mol. The SMILES string of the molecule is CC(CO)Sc1cccc(F)n1. The summed E-state index contributed by atoms with van der Waals surface area (Å²) in [6, 6.07) is 4.63. The van der Waals surface area contributed by atoms with Crippen LogP contribution in [0.15, 0.2) is 23.2 Å². The number of rotatable bonds is 3. The van der Waals surface area contributed by atoms with Crippen LogP contribution in [0.1, 0.15) is 6.92 Å². The summed E-state index contributed by atoms with van der Waals surface area (Å²) < 4.78 is 12.5. The molecule has 4 heteroatoms. The largest absolute Gasteiger partial charge is 0.395 e. The molecule has 2 nitrogen and oxygen atoms in total. The standard InChI is InChI=1S/C8H10FNOS/c1-6(5-11)12-8-4-2-3-7(9)10-8/h2-4,6,11H,5H2,1H3. The van der Waals surface area contributed by atoms with Crippen LogP contribution in [0.25, 0.3) is 0 Å². The Hall–Kier alpha value is -0.610. The molecule has 0 aliphatic rings. The molecule has 1 rings (SSSR count). The maximum absolute atomic E-state index is 12.5. The minimum absolute atomic E-state index is 0.0549. The van der Waals surface area contributed by atoms with Gasteiger partial charge in [-0.15, -0.1) is 11.8 Å². The molecule has 0 saturated carbocycles. The van der Waals surface area contributed by atoms with Crippen LogP contribution in [0.3, 0.4) is 0 Å². The van der Waals surface area contributed by atoms with E-state index in [0.29, 0.717) is 5.03 Å². The lowest BCUT2D eigenvalue weighted by atomic mass is 10.5. The average molecular weight is 187 g/mol. The number of thioether (sulfide) groups is 1. The second-order valence-electron chi connectivity index (χ2n) is 2.41. The second-order valence-corrected chi connectivity index (χ2v) is 3.87. The number of aliphatic hydroxyl groups excluding tert-OH is 1. The van der Waals surface area contributed by atoms with Gasteiger partial charge in [-0.25, -0.2) is 4.98 Å². The number of hydrogen-bond donors (Lipinski definition) is 1. The van der Waals surface area contributed by atoms with E-state index in [1.807, 2.05) is 6.92 Å². The molecule has 0 bridgehead atoms. The van der Waals surface area contributed by atoms with Crippen molar-refractivity contribution in [2.75, 3.05) is 6.61 Å². The number of halogens is 1. The summed E-state index contributed by atoms with van der Waals surface area (Å²) in [5.41, 5.74) is 0. The molecular weight excluding hydrogens is 177 g/mol. The zero-order valence-electron chi connectivity index (χ0n) is 6.70. The van der Waals surface area contributed by atoms with E-state index in [0.717, 1.165) is 0 Å². The van der Waals surface area contributed by atoms with Crippen LogP contribution >= 0.6 is 11.8 Å². The number of aromatic nitrogens is 1. The van der Waals surface area contributed by atoms with Crippen molar-refractivity contribution >= 4 is 11.8 Å². The smallest absolute Gasteiger partial charge is 0.213 e. The molecule has 0 aliphatic carbocycles. The van der Waals surface area contributed by atoms with Crippen molar-refractivity contribution in [2.45, 2.75) is 17.2 Å². The fraction of sp³-hybridized carbons (Fsp3) is 0.375. The summed E-state index contributed by atoms with van der Waals surface area (Å²) in [6.45, 7) is 1.93. The van der Waals surface area contributed by atoms with Crippen molar-refractivity contribution in [2.24, 2.45) is 0 Å². The Morgan fingerprint density at radius 3 is 3.00 bits per heavy atom. The van der Waals surface area contributed by atoms with Crippen molar-refractivity contribution in [3.63, 3.8) is 0 Å². The summed E-state index contributed by atoms with van der Waals surface area (Å²) >= 11 is 1.36. The quantitative estimate of drug-likeness (QED) is 0.577. The Morgan fingerprint density at radius 1 is 1.67 bits per heavy atom. The number of nitrogens with zero attached hydrogens (tertiary/aromatic N) is 1. The second kappa shape index (κ2) is 4.42. The fourth-order valence-corrected chi connectivity index (χ4v) is 1.48. The number of pyridine rings is 1. The lowest BCUT2D eigenvalue weighted by Crippen LogP contribution is -2.02. The molecule has 0 amide bonds. The molecule has 1 aromatic rings. The van der Waals surface area contributed by atoms with E-state index in [9.17, 15) is 4.39 Å². The first-order valence-corrected chi connectivity index (χ1v) is 4.50. The molecule has 0 saturated heterocycles. The van der Waals surface area contributed by atoms with Gasteiger partial charge >= 0.3 is 0 Å². The van der Waals surface area contributed by atoms with Crippen molar-refractivity contribution < 1.29 is 9.50 Å². The van der Waals surface area contributed by atoms with Crippen LogP contribution in [-0.2, 0) is 0 Å². The Balaban J connectivity index is 2.63. The highest BCUT2D eigenvalue weighted by molar-refractivity contribution is 7.99. The van der Waals surface area contributed by atoms with Gasteiger partial charge in [-0.1, -0.05) is 13.0 Å². The van der Waals surface area contributed by atoms with Gasteiger partial charge in [0.15, 0.2) is 0 Å². The summed E-state index contributed by atoms with van der Waals surface area (Å²) in [7, 11) is 0. The molecule has 66 valence electrons. The average Bonchev–Trinajstić information content (AvgIpc) is 2.04. The van der Waals surface area contributed by atoms with Crippen LogP contribution < -0.4 is 0 Å². The first kappa shape index (κ1) is 9.48. The van der Waals surface area contributed by atoms with Gasteiger partial charge in [0.05, 0.1) is 11.6 Å². The van der Waals surface area contributed by atoms with Crippen LogP contribution in [0.5, 0.6) is 0 Å². The minimum atomic E-state index is -0.481. The molecule has 1 atom stereocenters. The van der Waals surface area contributed by atoms with Gasteiger partial charge in [-0.2, -0.15) is 4.39 Å². The Bertz CT molecular complexity index is 257. The van der Waals surface area contributed by atoms with Gasteiger partial charge in [0.1, 0.15) is 0 Å².